The van der Waals surface area contributed by atoms with Gasteiger partial charge < -0.3 is 5.11 Å². The maximum Gasteiger partial charge on any atom is 0.306 e. The molecule has 1 radical (unpaired) electrons. The van der Waals surface area contributed by atoms with E-state index >= 15 is 0 Å². The van der Waals surface area contributed by atoms with Gasteiger partial charge in [-0.25, -0.2) is 0 Å². The van der Waals surface area contributed by atoms with E-state index in [1.807, 2.05) is 0 Å². The van der Waals surface area contributed by atoms with Gasteiger partial charge in [0.15, 0.2) is 0 Å². The second kappa shape index (κ2) is 3.63. The number of carboxylic acid groups (broad SMARTS) is 1. The fraction of sp³-hybridized carbons (Fsp3) is 0.714. The molecule has 1 aliphatic rings. The molecule has 2 unspecified atom stereocenters. The van der Waals surface area contributed by atoms with Crippen LogP contribution in [0.5, 0.6) is 0 Å². The predicted molar refractivity (Wildman–Crippen MR) is 44.6 cm³/mol. The van der Waals surface area contributed by atoms with E-state index in [-0.39, 0.29) is 6.42 Å². The maximum absolute atomic E-state index is 10.7. The second-order valence-electron chi connectivity index (χ2n) is 3.14. The number of carbonyl (C=O) groups is 1. The Morgan fingerprint density at radius 1 is 1.46 bits per heavy atom. The van der Waals surface area contributed by atoms with Crippen molar-refractivity contribution in [1.29, 1.82) is 0 Å². The number of hydrogen-bond donors (Lipinski definition) is 2. The van der Waals surface area contributed by atoms with Gasteiger partial charge in [-0.1, -0.05) is 0 Å². The zero-order chi connectivity index (χ0) is 10.1. The van der Waals surface area contributed by atoms with Crippen molar-refractivity contribution in [2.75, 3.05) is 0 Å². The summed E-state index contributed by atoms with van der Waals surface area (Å²) in [6, 6.07) is 0. The van der Waals surface area contributed by atoms with Gasteiger partial charge in [0.25, 0.3) is 10.1 Å². The van der Waals surface area contributed by atoms with Crippen molar-refractivity contribution in [3.05, 3.63) is 6.42 Å². The summed E-state index contributed by atoms with van der Waals surface area (Å²) in [6.07, 6.45) is 2.30. The van der Waals surface area contributed by atoms with Crippen LogP contribution >= 0.6 is 0 Å². The van der Waals surface area contributed by atoms with E-state index in [1.165, 1.54) is 6.42 Å². The summed E-state index contributed by atoms with van der Waals surface area (Å²) in [5, 5.41) is 7.62. The lowest BCUT2D eigenvalue weighted by molar-refractivity contribution is -0.142. The highest BCUT2D eigenvalue weighted by molar-refractivity contribution is 7.86. The molecule has 1 saturated carbocycles. The Hall–Kier alpha value is -0.620. The summed E-state index contributed by atoms with van der Waals surface area (Å²) in [6.45, 7) is 0. The highest BCUT2D eigenvalue weighted by Crippen LogP contribution is 2.27. The summed E-state index contributed by atoms with van der Waals surface area (Å²) >= 11 is 0. The van der Waals surface area contributed by atoms with Crippen LogP contribution in [0.1, 0.15) is 19.3 Å². The normalized spacial score (nSPS) is 29.9. The average Bonchev–Trinajstić information content (AvgIpc) is 2.03. The Balaban J connectivity index is 2.67. The first-order valence-electron chi connectivity index (χ1n) is 3.93. The summed E-state index contributed by atoms with van der Waals surface area (Å²) < 4.78 is 30.1. The summed E-state index contributed by atoms with van der Waals surface area (Å²) in [4.78, 5) is 10.5. The molecule has 0 spiro atoms. The molecule has 13 heavy (non-hydrogen) atoms. The predicted octanol–water partition coefficient (Wildman–Crippen LogP) is 0.332. The van der Waals surface area contributed by atoms with Crippen LogP contribution in [0.4, 0.5) is 0 Å². The van der Waals surface area contributed by atoms with Gasteiger partial charge in [-0.05, 0) is 25.7 Å². The van der Waals surface area contributed by atoms with E-state index in [9.17, 15) is 13.2 Å². The van der Waals surface area contributed by atoms with E-state index in [1.54, 1.807) is 0 Å². The molecule has 0 aliphatic heterocycles. The molecule has 0 saturated heterocycles. The van der Waals surface area contributed by atoms with Gasteiger partial charge in [0.05, 0.1) is 11.2 Å². The number of rotatable bonds is 2. The molecule has 0 bridgehead atoms. The number of hydrogen-bond acceptors (Lipinski definition) is 3. The summed E-state index contributed by atoms with van der Waals surface area (Å²) in [5.74, 6) is -1.65. The molecule has 1 aliphatic carbocycles. The fourth-order valence-electron chi connectivity index (χ4n) is 1.45. The SMILES string of the molecule is O=C(O)C1CC[CH]C(S(=O)(=O)O)C1. The van der Waals surface area contributed by atoms with Crippen molar-refractivity contribution in [3.8, 4) is 0 Å². The van der Waals surface area contributed by atoms with Crippen LogP contribution in [0, 0.1) is 12.3 Å². The van der Waals surface area contributed by atoms with Crippen molar-refractivity contribution in [1.82, 2.24) is 0 Å². The molecule has 2 N–H and O–H groups in total. The minimum atomic E-state index is -4.11. The van der Waals surface area contributed by atoms with Crippen LogP contribution < -0.4 is 0 Å². The van der Waals surface area contributed by atoms with Crippen molar-refractivity contribution < 1.29 is 22.9 Å². The molecule has 6 heteroatoms. The Labute approximate surface area is 76.5 Å². The molecule has 5 nitrogen and oxygen atoms in total. The highest BCUT2D eigenvalue weighted by atomic mass is 32.2. The quantitative estimate of drug-likeness (QED) is 0.637. The third-order valence-corrected chi connectivity index (χ3v) is 3.34. The van der Waals surface area contributed by atoms with Gasteiger partial charge in [0, 0.05) is 0 Å². The largest absolute Gasteiger partial charge is 0.481 e. The molecular formula is C7H11O5S. The summed E-state index contributed by atoms with van der Waals surface area (Å²) in [7, 11) is -4.11. The molecule has 0 aromatic heterocycles. The lowest BCUT2D eigenvalue weighted by Gasteiger charge is -2.23. The standard InChI is InChI=1S/C7H11O5S/c8-7(9)5-2-1-3-6(4-5)13(10,11)12/h3,5-6H,1-2,4H2,(H,8,9)(H,10,11,12). The Kier molecular flexibility index (Phi) is 2.92. The van der Waals surface area contributed by atoms with Crippen LogP contribution in [0.15, 0.2) is 0 Å². The van der Waals surface area contributed by atoms with Crippen molar-refractivity contribution >= 4 is 16.1 Å². The lowest BCUT2D eigenvalue weighted by Crippen LogP contribution is -2.31. The van der Waals surface area contributed by atoms with Crippen molar-refractivity contribution in [3.63, 3.8) is 0 Å². The van der Waals surface area contributed by atoms with E-state index in [4.69, 9.17) is 9.66 Å². The first-order valence-corrected chi connectivity index (χ1v) is 5.44. The molecule has 0 heterocycles. The molecule has 2 atom stereocenters. The third kappa shape index (κ3) is 2.67. The van der Waals surface area contributed by atoms with E-state index in [0.29, 0.717) is 12.8 Å². The zero-order valence-corrected chi connectivity index (χ0v) is 7.70. The van der Waals surface area contributed by atoms with E-state index in [0.717, 1.165) is 0 Å². The number of aliphatic carboxylic acids is 1. The van der Waals surface area contributed by atoms with Crippen LogP contribution in [-0.2, 0) is 14.9 Å². The van der Waals surface area contributed by atoms with Gasteiger partial charge in [-0.15, -0.1) is 0 Å². The first kappa shape index (κ1) is 10.5. The van der Waals surface area contributed by atoms with Crippen LogP contribution in [-0.4, -0.2) is 29.3 Å². The highest BCUT2D eigenvalue weighted by Gasteiger charge is 2.33. The van der Waals surface area contributed by atoms with Gasteiger partial charge in [0.2, 0.25) is 0 Å². The Morgan fingerprint density at radius 3 is 2.54 bits per heavy atom. The molecule has 75 valence electrons. The van der Waals surface area contributed by atoms with Crippen LogP contribution in [0.3, 0.4) is 0 Å². The van der Waals surface area contributed by atoms with Gasteiger partial charge in [-0.3, -0.25) is 9.35 Å². The minimum Gasteiger partial charge on any atom is -0.481 e. The van der Waals surface area contributed by atoms with Gasteiger partial charge in [0.1, 0.15) is 0 Å². The average molecular weight is 207 g/mol. The minimum absolute atomic E-state index is 0.0197. The first-order chi connectivity index (χ1) is 5.91. The third-order valence-electron chi connectivity index (χ3n) is 2.19. The molecular weight excluding hydrogens is 196 g/mol. The Morgan fingerprint density at radius 2 is 2.08 bits per heavy atom. The zero-order valence-electron chi connectivity index (χ0n) is 6.88. The van der Waals surface area contributed by atoms with Gasteiger partial charge in [-0.2, -0.15) is 8.42 Å². The molecule has 1 fully saturated rings. The van der Waals surface area contributed by atoms with Crippen LogP contribution in [0.25, 0.3) is 0 Å². The molecule has 0 amide bonds. The number of carboxylic acids is 1. The molecule has 1 rings (SSSR count). The lowest BCUT2D eigenvalue weighted by atomic mass is 9.89. The van der Waals surface area contributed by atoms with Crippen molar-refractivity contribution in [2.24, 2.45) is 5.92 Å². The summed E-state index contributed by atoms with van der Waals surface area (Å²) in [5.41, 5.74) is 0. The smallest absolute Gasteiger partial charge is 0.306 e. The fourth-order valence-corrected chi connectivity index (χ4v) is 2.30. The molecule has 0 aromatic rings. The van der Waals surface area contributed by atoms with Crippen LogP contribution in [0.2, 0.25) is 0 Å². The monoisotopic (exact) mass is 207 g/mol. The van der Waals surface area contributed by atoms with E-state index < -0.39 is 27.3 Å². The Bertz CT molecular complexity index is 294. The second-order valence-corrected chi connectivity index (χ2v) is 4.77. The topological polar surface area (TPSA) is 91.7 Å². The van der Waals surface area contributed by atoms with Crippen molar-refractivity contribution in [2.45, 2.75) is 24.5 Å². The molecule has 0 aromatic carbocycles. The van der Waals surface area contributed by atoms with E-state index in [2.05, 4.69) is 0 Å². The maximum atomic E-state index is 10.7. The van der Waals surface area contributed by atoms with Gasteiger partial charge >= 0.3 is 5.97 Å².